The summed E-state index contributed by atoms with van der Waals surface area (Å²) in [7, 11) is 0. The van der Waals surface area contributed by atoms with Crippen molar-refractivity contribution in [3.63, 3.8) is 0 Å². The Balaban J connectivity index is 2.29. The molecule has 2 atom stereocenters. The van der Waals surface area contributed by atoms with Gasteiger partial charge < -0.3 is 25.4 Å². The monoisotopic (exact) mass is 461 g/mol. The molecule has 8 heteroatoms. The van der Waals surface area contributed by atoms with Crippen LogP contribution in [0.2, 0.25) is 0 Å². The molecule has 3 N–H and O–H groups in total. The Morgan fingerprint density at radius 1 is 1.18 bits per heavy atom. The first-order valence-electron chi connectivity index (χ1n) is 11.9. The van der Waals surface area contributed by atoms with Crippen molar-refractivity contribution in [1.82, 2.24) is 15.5 Å². The lowest BCUT2D eigenvalue weighted by molar-refractivity contribution is -0.142. The summed E-state index contributed by atoms with van der Waals surface area (Å²) in [5, 5.41) is 15.7. The zero-order chi connectivity index (χ0) is 24.6. The van der Waals surface area contributed by atoms with Crippen LogP contribution >= 0.6 is 0 Å². The number of hydrogen-bond acceptors (Lipinski definition) is 5. The van der Waals surface area contributed by atoms with Crippen LogP contribution in [0, 0.1) is 0 Å². The van der Waals surface area contributed by atoms with E-state index >= 15 is 0 Å². The molecule has 8 nitrogen and oxygen atoms in total. The lowest BCUT2D eigenvalue weighted by atomic mass is 9.94. The predicted molar refractivity (Wildman–Crippen MR) is 127 cm³/mol. The van der Waals surface area contributed by atoms with Gasteiger partial charge in [0.05, 0.1) is 0 Å². The highest BCUT2D eigenvalue weighted by Crippen LogP contribution is 2.27. The molecular formula is C25H39N3O5. The Kier molecular flexibility index (Phi) is 9.56. The molecule has 33 heavy (non-hydrogen) atoms. The van der Waals surface area contributed by atoms with Crippen molar-refractivity contribution in [2.24, 2.45) is 0 Å². The van der Waals surface area contributed by atoms with Gasteiger partial charge in [0.1, 0.15) is 23.4 Å². The Morgan fingerprint density at radius 3 is 2.42 bits per heavy atom. The van der Waals surface area contributed by atoms with E-state index in [-0.39, 0.29) is 17.7 Å². The summed E-state index contributed by atoms with van der Waals surface area (Å²) in [6, 6.07) is 4.67. The van der Waals surface area contributed by atoms with Crippen LogP contribution in [-0.2, 0) is 14.3 Å². The van der Waals surface area contributed by atoms with Crippen molar-refractivity contribution in [3.8, 4) is 5.75 Å². The van der Waals surface area contributed by atoms with Crippen molar-refractivity contribution in [2.75, 3.05) is 6.54 Å². The van der Waals surface area contributed by atoms with Gasteiger partial charge in [-0.25, -0.2) is 4.79 Å². The molecule has 0 aromatic heterocycles. The second kappa shape index (κ2) is 11.9. The number of benzene rings is 1. The third-order valence-corrected chi connectivity index (χ3v) is 5.55. The van der Waals surface area contributed by atoms with Crippen molar-refractivity contribution in [1.29, 1.82) is 0 Å². The molecule has 2 unspecified atom stereocenters. The minimum absolute atomic E-state index is 0.0202. The topological polar surface area (TPSA) is 108 Å². The molecule has 1 aromatic rings. The number of phenolic OH excluding ortho intramolecular Hbond substituents is 1. The van der Waals surface area contributed by atoms with Gasteiger partial charge in [0.2, 0.25) is 11.8 Å². The standard InChI is InChI=1S/C25H39N3O5/c1-6-15-28(23(31)17(2)26-24(32)33-25(3,4)5)21(18-11-10-14-20(29)16-18)22(30)27-19-12-8-7-9-13-19/h10-11,14,16-17,19,21,29H,6-9,12-13,15H2,1-5H3,(H,26,32)(H,27,30). The summed E-state index contributed by atoms with van der Waals surface area (Å²) in [4.78, 5) is 40.6. The highest BCUT2D eigenvalue weighted by Gasteiger charge is 2.35. The fourth-order valence-corrected chi connectivity index (χ4v) is 4.10. The molecule has 1 aliphatic rings. The third kappa shape index (κ3) is 8.26. The van der Waals surface area contributed by atoms with Gasteiger partial charge in [-0.3, -0.25) is 9.59 Å². The van der Waals surface area contributed by atoms with Gasteiger partial charge in [-0.15, -0.1) is 0 Å². The van der Waals surface area contributed by atoms with Crippen molar-refractivity contribution in [2.45, 2.75) is 96.9 Å². The Bertz CT molecular complexity index is 815. The SMILES string of the molecule is CCCN(C(=O)C(C)NC(=O)OC(C)(C)C)C(C(=O)NC1CCCCC1)c1cccc(O)c1. The molecule has 1 aromatic carbocycles. The quantitative estimate of drug-likeness (QED) is 0.542. The Labute approximate surface area is 197 Å². The van der Waals surface area contributed by atoms with Crippen LogP contribution in [0.1, 0.15) is 84.7 Å². The van der Waals surface area contributed by atoms with E-state index in [0.717, 1.165) is 32.1 Å². The molecule has 0 radical (unpaired) electrons. The lowest BCUT2D eigenvalue weighted by Gasteiger charge is -2.35. The van der Waals surface area contributed by atoms with Gasteiger partial charge in [-0.2, -0.15) is 0 Å². The normalized spacial score (nSPS) is 16.4. The van der Waals surface area contributed by atoms with E-state index in [1.807, 2.05) is 6.92 Å². The van der Waals surface area contributed by atoms with Gasteiger partial charge in [0.15, 0.2) is 0 Å². The maximum atomic E-state index is 13.5. The molecule has 1 fully saturated rings. The highest BCUT2D eigenvalue weighted by atomic mass is 16.6. The van der Waals surface area contributed by atoms with E-state index < -0.39 is 29.7 Å². The molecule has 0 heterocycles. The molecule has 0 spiro atoms. The van der Waals surface area contributed by atoms with E-state index in [9.17, 15) is 19.5 Å². The van der Waals surface area contributed by atoms with E-state index in [1.165, 1.54) is 17.0 Å². The molecule has 0 aliphatic heterocycles. The molecule has 0 saturated heterocycles. The number of carbonyl (C=O) groups is 3. The Morgan fingerprint density at radius 2 is 1.85 bits per heavy atom. The fraction of sp³-hybridized carbons (Fsp3) is 0.640. The lowest BCUT2D eigenvalue weighted by Crippen LogP contribution is -2.53. The van der Waals surface area contributed by atoms with Crippen LogP contribution < -0.4 is 10.6 Å². The first kappa shape index (κ1) is 26.5. The number of rotatable bonds is 8. The number of carbonyl (C=O) groups excluding carboxylic acids is 3. The van der Waals surface area contributed by atoms with Crippen LogP contribution in [-0.4, -0.2) is 52.1 Å². The van der Waals surface area contributed by atoms with Gasteiger partial charge in [-0.05, 0) is 64.7 Å². The second-order valence-electron chi connectivity index (χ2n) is 9.74. The Hall–Kier alpha value is -2.77. The van der Waals surface area contributed by atoms with Crippen LogP contribution in [0.3, 0.4) is 0 Å². The maximum Gasteiger partial charge on any atom is 0.408 e. The zero-order valence-corrected chi connectivity index (χ0v) is 20.5. The van der Waals surface area contributed by atoms with Gasteiger partial charge in [-0.1, -0.05) is 38.3 Å². The first-order chi connectivity index (χ1) is 15.5. The number of amides is 3. The maximum absolute atomic E-state index is 13.5. The van der Waals surface area contributed by atoms with Crippen LogP contribution in [0.5, 0.6) is 5.75 Å². The summed E-state index contributed by atoms with van der Waals surface area (Å²) in [5.41, 5.74) is -0.172. The number of ether oxygens (including phenoxy) is 1. The summed E-state index contributed by atoms with van der Waals surface area (Å²) in [6.45, 7) is 9.05. The van der Waals surface area contributed by atoms with Crippen molar-refractivity contribution >= 4 is 17.9 Å². The summed E-state index contributed by atoms with van der Waals surface area (Å²) >= 11 is 0. The third-order valence-electron chi connectivity index (χ3n) is 5.55. The minimum Gasteiger partial charge on any atom is -0.508 e. The molecule has 3 amide bonds. The van der Waals surface area contributed by atoms with Crippen LogP contribution in [0.25, 0.3) is 0 Å². The van der Waals surface area contributed by atoms with Gasteiger partial charge >= 0.3 is 6.09 Å². The number of alkyl carbamates (subject to hydrolysis) is 1. The highest BCUT2D eigenvalue weighted by molar-refractivity contribution is 5.92. The number of nitrogens with zero attached hydrogens (tertiary/aromatic N) is 1. The largest absolute Gasteiger partial charge is 0.508 e. The summed E-state index contributed by atoms with van der Waals surface area (Å²) in [6.07, 6.45) is 5.05. The fourth-order valence-electron chi connectivity index (χ4n) is 4.10. The molecule has 1 aliphatic carbocycles. The summed E-state index contributed by atoms with van der Waals surface area (Å²) in [5.74, 6) is -0.652. The summed E-state index contributed by atoms with van der Waals surface area (Å²) < 4.78 is 5.27. The average molecular weight is 462 g/mol. The molecular weight excluding hydrogens is 422 g/mol. The predicted octanol–water partition coefficient (Wildman–Crippen LogP) is 4.03. The van der Waals surface area contributed by atoms with Gasteiger partial charge in [0, 0.05) is 12.6 Å². The van der Waals surface area contributed by atoms with Gasteiger partial charge in [0.25, 0.3) is 0 Å². The molecule has 184 valence electrons. The number of hydrogen-bond donors (Lipinski definition) is 3. The molecule has 0 bridgehead atoms. The van der Waals surface area contributed by atoms with Crippen molar-refractivity contribution < 1.29 is 24.2 Å². The molecule has 1 saturated carbocycles. The number of nitrogens with one attached hydrogen (secondary N) is 2. The van der Waals surface area contributed by atoms with E-state index in [0.29, 0.717) is 18.5 Å². The zero-order valence-electron chi connectivity index (χ0n) is 20.5. The van der Waals surface area contributed by atoms with Crippen LogP contribution in [0.4, 0.5) is 4.79 Å². The van der Waals surface area contributed by atoms with Crippen molar-refractivity contribution in [3.05, 3.63) is 29.8 Å². The van der Waals surface area contributed by atoms with E-state index in [2.05, 4.69) is 10.6 Å². The number of aromatic hydroxyl groups is 1. The minimum atomic E-state index is -0.922. The van der Waals surface area contributed by atoms with E-state index in [1.54, 1.807) is 39.8 Å². The average Bonchev–Trinajstić information content (AvgIpc) is 2.72. The second-order valence-corrected chi connectivity index (χ2v) is 9.74. The van der Waals surface area contributed by atoms with Crippen LogP contribution in [0.15, 0.2) is 24.3 Å². The van der Waals surface area contributed by atoms with E-state index in [4.69, 9.17) is 4.74 Å². The molecule has 2 rings (SSSR count). The number of phenols is 1. The first-order valence-corrected chi connectivity index (χ1v) is 11.9. The smallest absolute Gasteiger partial charge is 0.408 e.